The van der Waals surface area contributed by atoms with E-state index in [1.165, 1.54) is 12.1 Å². The summed E-state index contributed by atoms with van der Waals surface area (Å²) < 4.78 is 5.22. The van der Waals surface area contributed by atoms with Gasteiger partial charge < -0.3 is 26.2 Å². The number of aromatic hydroxyl groups is 1. The zero-order chi connectivity index (χ0) is 26.8. The fraction of sp³-hybridized carbons (Fsp3) is 0.520. The highest BCUT2D eigenvalue weighted by molar-refractivity contribution is 5.94. The molecule has 1 aromatic carbocycles. The number of phenolic OH excluding ortho intramolecular Hbond substituents is 1. The molecule has 0 aliphatic rings. The smallest absolute Gasteiger partial charge is 0.408 e. The number of amides is 4. The predicted molar refractivity (Wildman–Crippen MR) is 131 cm³/mol. The van der Waals surface area contributed by atoms with Crippen LogP contribution in [0.5, 0.6) is 5.75 Å². The van der Waals surface area contributed by atoms with Crippen LogP contribution in [0.4, 0.5) is 4.79 Å². The number of carbonyl (C=O) groups excluding carboxylic acids is 4. The number of ether oxygens (including phenoxy) is 1. The van der Waals surface area contributed by atoms with Crippen molar-refractivity contribution in [2.75, 3.05) is 0 Å². The second-order valence-electron chi connectivity index (χ2n) is 9.20. The number of nitrogens with one attached hydrogen (secondary N) is 2. The number of nitrogens with two attached hydrogens (primary N) is 1. The van der Waals surface area contributed by atoms with Gasteiger partial charge in [-0.1, -0.05) is 38.0 Å². The first-order valence-corrected chi connectivity index (χ1v) is 11.5. The Balaban J connectivity index is 3.40. The summed E-state index contributed by atoms with van der Waals surface area (Å²) in [5.74, 6) is -2.38. The number of phenols is 1. The molecule has 0 bridgehead atoms. The number of nitrogens with zero attached hydrogens (tertiary/aromatic N) is 1. The van der Waals surface area contributed by atoms with Crippen molar-refractivity contribution in [2.45, 2.75) is 84.0 Å². The van der Waals surface area contributed by atoms with Gasteiger partial charge in [0.1, 0.15) is 17.4 Å². The van der Waals surface area contributed by atoms with Crippen molar-refractivity contribution < 1.29 is 29.0 Å². The Hall–Kier alpha value is -3.74. The topological polar surface area (TPSA) is 151 Å². The molecular weight excluding hydrogens is 452 g/mol. The third kappa shape index (κ3) is 9.57. The Morgan fingerprint density at radius 3 is 2.31 bits per heavy atom. The van der Waals surface area contributed by atoms with Crippen LogP contribution in [0.25, 0.3) is 0 Å². The third-order valence-corrected chi connectivity index (χ3v) is 4.89. The van der Waals surface area contributed by atoms with Gasteiger partial charge in [-0.3, -0.25) is 19.3 Å². The lowest BCUT2D eigenvalue weighted by Gasteiger charge is -2.31. The highest BCUT2D eigenvalue weighted by atomic mass is 16.6. The molecule has 0 saturated carbocycles. The van der Waals surface area contributed by atoms with Crippen LogP contribution in [-0.2, 0) is 19.1 Å². The average Bonchev–Trinajstić information content (AvgIpc) is 2.73. The van der Waals surface area contributed by atoms with Crippen LogP contribution in [0.15, 0.2) is 24.3 Å². The standard InChI is InChI=1S/C25H36N4O6/c1-7-11-16(3)27-22(32)21(17-12-9-10-13-19(17)30)29(8-2)23(33)18(14-15-20(26)31)28-24(34)35-25(4,5)6/h2,9-10,12-13,16,18,21,30H,7,11,14-15H2,1,3-6H3,(H2,26,31)(H,27,32)(H,28,34). The van der Waals surface area contributed by atoms with Gasteiger partial charge in [0.25, 0.3) is 5.91 Å². The van der Waals surface area contributed by atoms with E-state index in [9.17, 15) is 24.3 Å². The quantitative estimate of drug-likeness (QED) is 0.277. The number of hydrogen-bond donors (Lipinski definition) is 4. The maximum atomic E-state index is 13.5. The van der Waals surface area contributed by atoms with Crippen molar-refractivity contribution in [1.82, 2.24) is 15.5 Å². The fourth-order valence-corrected chi connectivity index (χ4v) is 3.37. The number of alkyl carbamates (subject to hydrolysis) is 1. The van der Waals surface area contributed by atoms with E-state index >= 15 is 0 Å². The van der Waals surface area contributed by atoms with Crippen molar-refractivity contribution in [3.05, 3.63) is 29.8 Å². The summed E-state index contributed by atoms with van der Waals surface area (Å²) in [6, 6.07) is 5.27. The van der Waals surface area contributed by atoms with Gasteiger partial charge in [0.05, 0.1) is 0 Å². The fourth-order valence-electron chi connectivity index (χ4n) is 3.37. The molecule has 0 fully saturated rings. The van der Waals surface area contributed by atoms with Gasteiger partial charge in [-0.25, -0.2) is 4.79 Å². The van der Waals surface area contributed by atoms with E-state index in [0.717, 1.165) is 11.3 Å². The average molecular weight is 489 g/mol. The highest BCUT2D eigenvalue weighted by Gasteiger charge is 2.37. The van der Waals surface area contributed by atoms with Gasteiger partial charge in [0, 0.05) is 24.1 Å². The SMILES string of the molecule is C#CN(C(=O)C(CCC(N)=O)NC(=O)OC(C)(C)C)C(C(=O)NC(C)CCC)c1ccccc1O. The van der Waals surface area contributed by atoms with Crippen LogP contribution in [0.1, 0.15) is 71.9 Å². The first-order valence-electron chi connectivity index (χ1n) is 11.5. The summed E-state index contributed by atoms with van der Waals surface area (Å²) in [4.78, 5) is 51.4. The van der Waals surface area contributed by atoms with Crippen molar-refractivity contribution in [3.63, 3.8) is 0 Å². The van der Waals surface area contributed by atoms with Gasteiger partial charge >= 0.3 is 6.09 Å². The maximum absolute atomic E-state index is 13.5. The molecule has 0 heterocycles. The molecule has 10 nitrogen and oxygen atoms in total. The zero-order valence-electron chi connectivity index (χ0n) is 21.0. The lowest BCUT2D eigenvalue weighted by atomic mass is 10.0. The first kappa shape index (κ1) is 29.3. The summed E-state index contributed by atoms with van der Waals surface area (Å²) in [5, 5.41) is 15.7. The van der Waals surface area contributed by atoms with Crippen LogP contribution in [0, 0.1) is 12.5 Å². The van der Waals surface area contributed by atoms with Gasteiger partial charge in [0.2, 0.25) is 11.8 Å². The molecule has 0 aliphatic heterocycles. The largest absolute Gasteiger partial charge is 0.508 e. The number of hydrogen-bond acceptors (Lipinski definition) is 6. The summed E-state index contributed by atoms with van der Waals surface area (Å²) in [7, 11) is 0. The van der Waals surface area contributed by atoms with Gasteiger partial charge in [-0.15, -0.1) is 0 Å². The van der Waals surface area contributed by atoms with Gasteiger partial charge in [0.15, 0.2) is 6.04 Å². The third-order valence-electron chi connectivity index (χ3n) is 4.89. The van der Waals surface area contributed by atoms with Gasteiger partial charge in [-0.2, -0.15) is 0 Å². The number of carbonyl (C=O) groups is 4. The summed E-state index contributed by atoms with van der Waals surface area (Å²) in [6.45, 7) is 8.72. The lowest BCUT2D eigenvalue weighted by molar-refractivity contribution is -0.139. The van der Waals surface area contributed by atoms with Crippen molar-refractivity contribution >= 4 is 23.8 Å². The molecule has 1 aromatic rings. The molecule has 0 saturated heterocycles. The molecule has 0 aliphatic carbocycles. The van der Waals surface area contributed by atoms with Crippen LogP contribution in [-0.4, -0.2) is 51.5 Å². The van der Waals surface area contributed by atoms with Crippen LogP contribution in [0.2, 0.25) is 0 Å². The van der Waals surface area contributed by atoms with Gasteiger partial charge in [-0.05, 0) is 46.6 Å². The molecule has 35 heavy (non-hydrogen) atoms. The van der Waals surface area contributed by atoms with Crippen molar-refractivity contribution in [3.8, 4) is 18.2 Å². The number of para-hydroxylation sites is 1. The van der Waals surface area contributed by atoms with Crippen LogP contribution < -0.4 is 16.4 Å². The minimum Gasteiger partial charge on any atom is -0.508 e. The van der Waals surface area contributed by atoms with E-state index in [-0.39, 0.29) is 30.2 Å². The van der Waals surface area contributed by atoms with E-state index in [1.807, 2.05) is 13.8 Å². The molecule has 192 valence electrons. The number of primary amides is 1. The second kappa shape index (κ2) is 13.2. The summed E-state index contributed by atoms with van der Waals surface area (Å²) in [6.07, 6.45) is 5.86. The Morgan fingerprint density at radius 1 is 1.17 bits per heavy atom. The number of benzene rings is 1. The van der Waals surface area contributed by atoms with Crippen LogP contribution in [0.3, 0.4) is 0 Å². The van der Waals surface area contributed by atoms with E-state index in [1.54, 1.807) is 32.9 Å². The minimum atomic E-state index is -1.40. The number of rotatable bonds is 11. The second-order valence-corrected chi connectivity index (χ2v) is 9.20. The van der Waals surface area contributed by atoms with E-state index in [2.05, 4.69) is 16.7 Å². The summed E-state index contributed by atoms with van der Waals surface area (Å²) in [5.41, 5.74) is 4.50. The molecular formula is C25H36N4O6. The van der Waals surface area contributed by atoms with E-state index < -0.39 is 41.5 Å². The molecule has 0 aromatic heterocycles. The summed E-state index contributed by atoms with van der Waals surface area (Å²) >= 11 is 0. The Labute approximate surface area is 206 Å². The monoisotopic (exact) mass is 488 g/mol. The van der Waals surface area contributed by atoms with Crippen molar-refractivity contribution in [1.29, 1.82) is 0 Å². The molecule has 0 spiro atoms. The normalized spacial score (nSPS) is 13.5. The lowest BCUT2D eigenvalue weighted by Crippen LogP contribution is -2.52. The molecule has 4 amide bonds. The van der Waals surface area contributed by atoms with E-state index in [4.69, 9.17) is 16.9 Å². The highest BCUT2D eigenvalue weighted by Crippen LogP contribution is 2.29. The molecule has 0 radical (unpaired) electrons. The Bertz CT molecular complexity index is 950. The molecule has 1 rings (SSSR count). The maximum Gasteiger partial charge on any atom is 0.408 e. The molecule has 3 unspecified atom stereocenters. The predicted octanol–water partition coefficient (Wildman–Crippen LogP) is 2.32. The molecule has 5 N–H and O–H groups in total. The Kier molecular flexibility index (Phi) is 11.1. The Morgan fingerprint density at radius 2 is 1.80 bits per heavy atom. The first-order chi connectivity index (χ1) is 16.3. The zero-order valence-corrected chi connectivity index (χ0v) is 21.0. The minimum absolute atomic E-state index is 0.103. The van der Waals surface area contributed by atoms with Crippen LogP contribution >= 0.6 is 0 Å². The van der Waals surface area contributed by atoms with E-state index in [0.29, 0.717) is 6.42 Å². The molecule has 3 atom stereocenters. The number of terminal acetylenes is 1. The molecule has 10 heteroatoms. The van der Waals surface area contributed by atoms with Crippen molar-refractivity contribution in [2.24, 2.45) is 5.73 Å².